The maximum atomic E-state index is 13.3. The number of aryl methyl sites for hydroxylation is 3. The molecule has 30 heavy (non-hydrogen) atoms. The van der Waals surface area contributed by atoms with Gasteiger partial charge in [-0.15, -0.1) is 12.4 Å². The van der Waals surface area contributed by atoms with Crippen molar-refractivity contribution >= 4 is 45.0 Å². The van der Waals surface area contributed by atoms with Crippen molar-refractivity contribution in [2.75, 3.05) is 44.3 Å². The smallest absolute Gasteiger partial charge is 0.280 e. The molecule has 3 aromatic rings. The Kier molecular flexibility index (Phi) is 7.46. The van der Waals surface area contributed by atoms with Gasteiger partial charge in [0.25, 0.3) is 5.91 Å². The van der Waals surface area contributed by atoms with Gasteiger partial charge < -0.3 is 4.74 Å². The van der Waals surface area contributed by atoms with E-state index in [-0.39, 0.29) is 18.3 Å². The summed E-state index contributed by atoms with van der Waals surface area (Å²) in [5.41, 5.74) is 3.77. The molecule has 3 heterocycles. The fraction of sp³-hybridized carbons (Fsp3) is 0.476. The van der Waals surface area contributed by atoms with Crippen LogP contribution in [0.3, 0.4) is 0 Å². The molecule has 162 valence electrons. The van der Waals surface area contributed by atoms with E-state index in [9.17, 15) is 4.79 Å². The van der Waals surface area contributed by atoms with Gasteiger partial charge in [-0.1, -0.05) is 17.4 Å². The molecule has 1 aromatic carbocycles. The highest BCUT2D eigenvalue weighted by Crippen LogP contribution is 2.32. The predicted molar refractivity (Wildman–Crippen MR) is 123 cm³/mol. The first kappa shape index (κ1) is 22.7. The Bertz CT molecular complexity index is 1010. The first-order chi connectivity index (χ1) is 14.0. The number of benzene rings is 1. The number of fused-ring (bicyclic) bond motifs is 1. The molecule has 1 fully saturated rings. The molecule has 0 N–H and O–H groups in total. The van der Waals surface area contributed by atoms with Crippen molar-refractivity contribution in [2.45, 2.75) is 27.3 Å². The first-order valence-corrected chi connectivity index (χ1v) is 10.9. The number of halogens is 1. The first-order valence-electron chi connectivity index (χ1n) is 10.1. The number of ether oxygens (including phenoxy) is 1. The zero-order chi connectivity index (χ0) is 20.4. The molecule has 1 amide bonds. The number of carbonyl (C=O) groups is 1. The van der Waals surface area contributed by atoms with Gasteiger partial charge in [-0.05, 0) is 44.0 Å². The van der Waals surface area contributed by atoms with Crippen molar-refractivity contribution in [1.29, 1.82) is 0 Å². The van der Waals surface area contributed by atoms with Gasteiger partial charge in [0.05, 0.1) is 23.4 Å². The lowest BCUT2D eigenvalue weighted by atomic mass is 10.1. The monoisotopic (exact) mass is 449 g/mol. The SMILES string of the molecule is CCn1ccc(C(=O)N(CCN2CCOCC2)c2nc3c(C)cc(C)cc3s2)n1.Cl. The van der Waals surface area contributed by atoms with Crippen LogP contribution in [-0.2, 0) is 11.3 Å². The van der Waals surface area contributed by atoms with E-state index in [0.717, 1.165) is 60.3 Å². The molecule has 9 heteroatoms. The van der Waals surface area contributed by atoms with E-state index in [1.165, 1.54) is 5.56 Å². The van der Waals surface area contributed by atoms with E-state index < -0.39 is 0 Å². The van der Waals surface area contributed by atoms with Crippen LogP contribution in [0.4, 0.5) is 5.13 Å². The minimum absolute atomic E-state index is 0. The van der Waals surface area contributed by atoms with Crippen LogP contribution in [0.5, 0.6) is 0 Å². The molecule has 1 aliphatic rings. The van der Waals surface area contributed by atoms with Crippen LogP contribution in [0, 0.1) is 13.8 Å². The molecule has 1 aliphatic heterocycles. The maximum absolute atomic E-state index is 13.3. The van der Waals surface area contributed by atoms with Crippen molar-refractivity contribution in [3.63, 3.8) is 0 Å². The maximum Gasteiger partial charge on any atom is 0.280 e. The summed E-state index contributed by atoms with van der Waals surface area (Å²) < 4.78 is 8.33. The number of hydrogen-bond donors (Lipinski definition) is 0. The molecule has 2 aromatic heterocycles. The molecule has 0 unspecified atom stereocenters. The van der Waals surface area contributed by atoms with Crippen molar-refractivity contribution in [2.24, 2.45) is 0 Å². The Hall–Kier alpha value is -2.00. The number of morpholine rings is 1. The molecule has 0 bridgehead atoms. The average molecular weight is 450 g/mol. The second-order valence-electron chi connectivity index (χ2n) is 7.39. The average Bonchev–Trinajstić information content (AvgIpc) is 3.36. The Labute approximate surface area is 187 Å². The van der Waals surface area contributed by atoms with Gasteiger partial charge in [0.2, 0.25) is 0 Å². The van der Waals surface area contributed by atoms with E-state index in [2.05, 4.69) is 36.0 Å². The summed E-state index contributed by atoms with van der Waals surface area (Å²) in [6, 6.07) is 6.06. The molecule has 0 radical (unpaired) electrons. The van der Waals surface area contributed by atoms with Crippen molar-refractivity contribution in [1.82, 2.24) is 19.7 Å². The highest BCUT2D eigenvalue weighted by molar-refractivity contribution is 7.22. The normalized spacial score (nSPS) is 14.6. The minimum atomic E-state index is -0.0982. The zero-order valence-corrected chi connectivity index (χ0v) is 19.3. The van der Waals surface area contributed by atoms with Gasteiger partial charge in [0.15, 0.2) is 10.8 Å². The van der Waals surface area contributed by atoms with Gasteiger partial charge in [-0.3, -0.25) is 19.3 Å². The quantitative estimate of drug-likeness (QED) is 0.576. The third kappa shape index (κ3) is 4.83. The second kappa shape index (κ2) is 9.87. The number of carbonyl (C=O) groups excluding carboxylic acids is 1. The Morgan fingerprint density at radius 1 is 1.27 bits per heavy atom. The number of hydrogen-bond acceptors (Lipinski definition) is 6. The fourth-order valence-corrected chi connectivity index (χ4v) is 4.78. The Balaban J connectivity index is 0.00000256. The summed E-state index contributed by atoms with van der Waals surface area (Å²) in [4.78, 5) is 22.3. The number of aromatic nitrogens is 3. The third-order valence-electron chi connectivity index (χ3n) is 5.22. The molecule has 7 nitrogen and oxygen atoms in total. The lowest BCUT2D eigenvalue weighted by molar-refractivity contribution is 0.0391. The van der Waals surface area contributed by atoms with Gasteiger partial charge in [0, 0.05) is 38.9 Å². The number of amides is 1. The lowest BCUT2D eigenvalue weighted by Crippen LogP contribution is -2.43. The summed E-state index contributed by atoms with van der Waals surface area (Å²) in [5.74, 6) is -0.0982. The molecule has 4 rings (SSSR count). The summed E-state index contributed by atoms with van der Waals surface area (Å²) in [7, 11) is 0. The van der Waals surface area contributed by atoms with E-state index >= 15 is 0 Å². The van der Waals surface area contributed by atoms with E-state index in [4.69, 9.17) is 9.72 Å². The number of nitrogens with zero attached hydrogens (tertiary/aromatic N) is 5. The minimum Gasteiger partial charge on any atom is -0.379 e. The standard InChI is InChI=1S/C21H27N5O2S.ClH/c1-4-25-6-5-17(23-25)20(27)26(8-7-24-9-11-28-12-10-24)21-22-19-16(3)13-15(2)14-18(19)29-21;/h5-6,13-14H,4,7-12H2,1-3H3;1H. The predicted octanol–water partition coefficient (Wildman–Crippen LogP) is 3.53. The number of rotatable bonds is 6. The largest absolute Gasteiger partial charge is 0.379 e. The van der Waals surface area contributed by atoms with Crippen LogP contribution in [0.1, 0.15) is 28.5 Å². The Morgan fingerprint density at radius 2 is 2.03 bits per heavy atom. The van der Waals surface area contributed by atoms with Crippen molar-refractivity contribution in [3.05, 3.63) is 41.2 Å². The molecular weight excluding hydrogens is 422 g/mol. The fourth-order valence-electron chi connectivity index (χ4n) is 3.61. The molecule has 0 spiro atoms. The van der Waals surface area contributed by atoms with Crippen LogP contribution in [0.15, 0.2) is 24.4 Å². The van der Waals surface area contributed by atoms with Crippen molar-refractivity contribution < 1.29 is 9.53 Å². The molecule has 0 saturated carbocycles. The third-order valence-corrected chi connectivity index (χ3v) is 6.25. The second-order valence-corrected chi connectivity index (χ2v) is 8.40. The topological polar surface area (TPSA) is 63.5 Å². The van der Waals surface area contributed by atoms with Crippen LogP contribution in [-0.4, -0.2) is 65.0 Å². The molecule has 0 atom stereocenters. The summed E-state index contributed by atoms with van der Waals surface area (Å²) >= 11 is 1.57. The highest BCUT2D eigenvalue weighted by Gasteiger charge is 2.24. The molecule has 1 saturated heterocycles. The lowest BCUT2D eigenvalue weighted by Gasteiger charge is -2.29. The van der Waals surface area contributed by atoms with Gasteiger partial charge in [0.1, 0.15) is 0 Å². The van der Waals surface area contributed by atoms with Crippen molar-refractivity contribution in [3.8, 4) is 0 Å². The van der Waals surface area contributed by atoms with Crippen LogP contribution in [0.2, 0.25) is 0 Å². The van der Waals surface area contributed by atoms with Gasteiger partial charge >= 0.3 is 0 Å². The van der Waals surface area contributed by atoms with Gasteiger partial charge in [-0.2, -0.15) is 5.10 Å². The zero-order valence-electron chi connectivity index (χ0n) is 17.6. The van der Waals surface area contributed by atoms with E-state index in [1.54, 1.807) is 27.0 Å². The van der Waals surface area contributed by atoms with E-state index in [1.807, 2.05) is 13.1 Å². The van der Waals surface area contributed by atoms with Crippen LogP contribution in [0.25, 0.3) is 10.2 Å². The highest BCUT2D eigenvalue weighted by atomic mass is 35.5. The van der Waals surface area contributed by atoms with E-state index in [0.29, 0.717) is 12.2 Å². The number of anilines is 1. The summed E-state index contributed by atoms with van der Waals surface area (Å²) in [6.07, 6.45) is 1.85. The Morgan fingerprint density at radius 3 is 2.73 bits per heavy atom. The van der Waals surface area contributed by atoms with Gasteiger partial charge in [-0.25, -0.2) is 4.98 Å². The van der Waals surface area contributed by atoms with Crippen LogP contribution >= 0.6 is 23.7 Å². The number of thiazole rings is 1. The summed E-state index contributed by atoms with van der Waals surface area (Å²) in [5, 5.41) is 5.16. The molecular formula is C21H28ClN5O2S. The van der Waals surface area contributed by atoms with Crippen LogP contribution < -0.4 is 4.90 Å². The summed E-state index contributed by atoms with van der Waals surface area (Å²) in [6.45, 7) is 11.5. The molecule has 0 aliphatic carbocycles.